The maximum absolute atomic E-state index is 13.5. The molecule has 0 N–H and O–H groups in total. The fourth-order valence-electron chi connectivity index (χ4n) is 6.64. The Morgan fingerprint density at radius 1 is 0.842 bits per heavy atom. The Balaban J connectivity index is 1.13. The van der Waals surface area contributed by atoms with E-state index < -0.39 is 12.6 Å². The molecule has 1 saturated heterocycles. The van der Waals surface area contributed by atoms with Crippen molar-refractivity contribution in [2.75, 3.05) is 18.6 Å². The third-order valence-corrected chi connectivity index (χ3v) is 8.33. The molecular formula is C31H27NO6. The van der Waals surface area contributed by atoms with Gasteiger partial charge in [-0.25, -0.2) is 4.79 Å². The van der Waals surface area contributed by atoms with Crippen molar-refractivity contribution >= 4 is 29.3 Å². The van der Waals surface area contributed by atoms with Crippen LogP contribution < -0.4 is 9.64 Å². The second-order valence-electron chi connectivity index (χ2n) is 10.3. The minimum Gasteiger partial charge on any atom is -0.497 e. The summed E-state index contributed by atoms with van der Waals surface area (Å²) in [5.41, 5.74) is 2.31. The number of amides is 2. The number of hydrogen-bond donors (Lipinski definition) is 0. The van der Waals surface area contributed by atoms with Crippen LogP contribution in [0.25, 0.3) is 0 Å². The Labute approximate surface area is 220 Å². The molecule has 1 heterocycles. The first-order valence-electron chi connectivity index (χ1n) is 12.8. The van der Waals surface area contributed by atoms with Gasteiger partial charge >= 0.3 is 5.97 Å². The van der Waals surface area contributed by atoms with Gasteiger partial charge in [-0.15, -0.1) is 0 Å². The van der Waals surface area contributed by atoms with E-state index in [-0.39, 0.29) is 46.8 Å². The molecule has 2 amide bonds. The van der Waals surface area contributed by atoms with Crippen LogP contribution in [0.5, 0.6) is 5.75 Å². The van der Waals surface area contributed by atoms with Gasteiger partial charge in [0.1, 0.15) is 5.75 Å². The lowest BCUT2D eigenvalue weighted by Crippen LogP contribution is -2.33. The van der Waals surface area contributed by atoms with Gasteiger partial charge in [-0.2, -0.15) is 0 Å². The van der Waals surface area contributed by atoms with Crippen molar-refractivity contribution in [3.63, 3.8) is 0 Å². The molecule has 2 saturated carbocycles. The lowest BCUT2D eigenvalue weighted by Gasteiger charge is -2.28. The van der Waals surface area contributed by atoms with Gasteiger partial charge in [-0.3, -0.25) is 19.3 Å². The number of Topliss-reactive ketones (excluding diaryl/α,β-unsaturated/α-hetero) is 1. The van der Waals surface area contributed by atoms with Crippen molar-refractivity contribution in [3.05, 3.63) is 95.6 Å². The molecule has 0 unspecified atom stereocenters. The molecular weight excluding hydrogens is 482 g/mol. The summed E-state index contributed by atoms with van der Waals surface area (Å²) in [7, 11) is 1.51. The van der Waals surface area contributed by atoms with E-state index in [4.69, 9.17) is 9.47 Å². The smallest absolute Gasteiger partial charge is 0.338 e. The number of carbonyl (C=O) groups excluding carboxylic acids is 4. The average Bonchev–Trinajstić information content (AvgIpc) is 3.63. The summed E-state index contributed by atoms with van der Waals surface area (Å²) >= 11 is 0. The highest BCUT2D eigenvalue weighted by Gasteiger charge is 2.64. The van der Waals surface area contributed by atoms with Gasteiger partial charge in [0.05, 0.1) is 30.2 Å². The van der Waals surface area contributed by atoms with E-state index in [1.165, 1.54) is 29.7 Å². The Bertz CT molecular complexity index is 1420. The highest BCUT2D eigenvalue weighted by Crippen LogP contribution is 2.61. The first kappa shape index (κ1) is 24.1. The van der Waals surface area contributed by atoms with Gasteiger partial charge in [0.15, 0.2) is 12.4 Å². The lowest BCUT2D eigenvalue weighted by atomic mass is 9.73. The minimum absolute atomic E-state index is 0.141. The molecule has 0 aromatic heterocycles. The molecule has 7 nitrogen and oxygen atoms in total. The Morgan fingerprint density at radius 2 is 1.58 bits per heavy atom. The van der Waals surface area contributed by atoms with Crippen LogP contribution in [0.4, 0.5) is 5.69 Å². The molecule has 1 aliphatic heterocycles. The molecule has 0 radical (unpaired) electrons. The molecule has 5 atom stereocenters. The number of anilines is 1. The van der Waals surface area contributed by atoms with E-state index in [2.05, 4.69) is 12.1 Å². The van der Waals surface area contributed by atoms with Crippen LogP contribution in [-0.2, 0) is 14.3 Å². The number of esters is 1. The van der Waals surface area contributed by atoms with Gasteiger partial charge in [0.25, 0.3) is 0 Å². The van der Waals surface area contributed by atoms with Crippen molar-refractivity contribution in [2.45, 2.75) is 18.8 Å². The number of benzene rings is 3. The van der Waals surface area contributed by atoms with Crippen molar-refractivity contribution < 1.29 is 28.7 Å². The van der Waals surface area contributed by atoms with Gasteiger partial charge in [-0.1, -0.05) is 42.5 Å². The predicted octanol–water partition coefficient (Wildman–Crippen LogP) is 4.66. The van der Waals surface area contributed by atoms with Gasteiger partial charge in [0.2, 0.25) is 11.8 Å². The van der Waals surface area contributed by atoms with Crippen LogP contribution in [0.2, 0.25) is 0 Å². The maximum Gasteiger partial charge on any atom is 0.338 e. The summed E-state index contributed by atoms with van der Waals surface area (Å²) in [4.78, 5) is 53.1. The van der Waals surface area contributed by atoms with Gasteiger partial charge < -0.3 is 9.47 Å². The molecule has 3 aliphatic rings. The van der Waals surface area contributed by atoms with E-state index in [9.17, 15) is 19.2 Å². The molecule has 7 heteroatoms. The Kier molecular flexibility index (Phi) is 6.06. The quantitative estimate of drug-likeness (QED) is 0.261. The number of methoxy groups -OCH3 is 1. The second kappa shape index (κ2) is 9.56. The van der Waals surface area contributed by atoms with Crippen molar-refractivity contribution in [1.82, 2.24) is 0 Å². The summed E-state index contributed by atoms with van der Waals surface area (Å²) in [5, 5.41) is 0. The summed E-state index contributed by atoms with van der Waals surface area (Å²) < 4.78 is 10.3. The first-order chi connectivity index (χ1) is 18.5. The predicted molar refractivity (Wildman–Crippen MR) is 139 cm³/mol. The SMILES string of the molecule is COc1cccc(C(=O)COC(=O)c2ccc(N3C(=O)[C@H]4[C@H]5C[C@@H]([C@@H]4C3=O)[C@@H](c3ccccc3)C5)cc2)c1. The monoisotopic (exact) mass is 509 g/mol. The van der Waals surface area contributed by atoms with Crippen LogP contribution >= 0.6 is 0 Å². The number of hydrogen-bond acceptors (Lipinski definition) is 6. The van der Waals surface area contributed by atoms with E-state index >= 15 is 0 Å². The maximum atomic E-state index is 13.5. The fraction of sp³-hybridized carbons (Fsp3) is 0.290. The number of ether oxygens (including phenoxy) is 2. The highest BCUT2D eigenvalue weighted by molar-refractivity contribution is 6.22. The van der Waals surface area contributed by atoms with Crippen molar-refractivity contribution in [3.8, 4) is 5.75 Å². The summed E-state index contributed by atoms with van der Waals surface area (Å²) in [6.45, 7) is -0.411. The number of carbonyl (C=O) groups is 4. The van der Waals surface area contributed by atoms with E-state index in [1.807, 2.05) is 18.2 Å². The molecule has 38 heavy (non-hydrogen) atoms. The molecule has 0 spiro atoms. The summed E-state index contributed by atoms with van der Waals surface area (Å²) in [6, 6.07) is 23.1. The molecule has 3 aromatic rings. The number of ketones is 1. The largest absolute Gasteiger partial charge is 0.497 e. The van der Waals surface area contributed by atoms with Crippen LogP contribution in [-0.4, -0.2) is 37.3 Å². The van der Waals surface area contributed by atoms with Crippen LogP contribution in [0.3, 0.4) is 0 Å². The number of nitrogens with zero attached hydrogens (tertiary/aromatic N) is 1. The molecule has 2 bridgehead atoms. The molecule has 2 aliphatic carbocycles. The summed E-state index contributed by atoms with van der Waals surface area (Å²) in [6.07, 6.45) is 1.85. The molecule has 192 valence electrons. The molecule has 3 aromatic carbocycles. The number of imide groups is 1. The van der Waals surface area contributed by atoms with Crippen LogP contribution in [0, 0.1) is 23.7 Å². The molecule has 6 rings (SSSR count). The first-order valence-corrected chi connectivity index (χ1v) is 12.8. The second-order valence-corrected chi connectivity index (χ2v) is 10.3. The van der Waals surface area contributed by atoms with E-state index in [0.29, 0.717) is 22.9 Å². The third kappa shape index (κ3) is 3.99. The minimum atomic E-state index is -0.660. The average molecular weight is 510 g/mol. The van der Waals surface area contributed by atoms with E-state index in [1.54, 1.807) is 36.4 Å². The lowest BCUT2D eigenvalue weighted by molar-refractivity contribution is -0.123. The van der Waals surface area contributed by atoms with Crippen molar-refractivity contribution in [2.24, 2.45) is 23.7 Å². The Morgan fingerprint density at radius 3 is 2.32 bits per heavy atom. The zero-order chi connectivity index (χ0) is 26.4. The fourth-order valence-corrected chi connectivity index (χ4v) is 6.64. The normalized spacial score (nSPS) is 25.4. The van der Waals surface area contributed by atoms with Gasteiger partial charge in [-0.05, 0) is 72.6 Å². The Hall–Kier alpha value is -4.26. The topological polar surface area (TPSA) is 90.0 Å². The standard InChI is InChI=1S/C31H27NO6/c1-37-23-9-5-8-20(14-23)26(33)17-38-31(36)19-10-12-22(13-11-19)32-29(34)27-21-15-24(18-6-3-2-4-7-18)25(16-21)28(27)30(32)35/h2-14,21,24-25,27-28H,15-17H2,1H3/t21-,24-,25-,27+,28+/m1/s1. The highest BCUT2D eigenvalue weighted by atomic mass is 16.5. The third-order valence-electron chi connectivity index (χ3n) is 8.33. The van der Waals surface area contributed by atoms with Crippen LogP contribution in [0.1, 0.15) is 45.0 Å². The van der Waals surface area contributed by atoms with Crippen LogP contribution in [0.15, 0.2) is 78.9 Å². The summed E-state index contributed by atoms with van der Waals surface area (Å²) in [5.74, 6) is -0.626. The van der Waals surface area contributed by atoms with Crippen molar-refractivity contribution in [1.29, 1.82) is 0 Å². The van der Waals surface area contributed by atoms with E-state index in [0.717, 1.165) is 12.8 Å². The number of rotatable bonds is 7. The zero-order valence-electron chi connectivity index (χ0n) is 20.9. The molecule has 3 fully saturated rings. The van der Waals surface area contributed by atoms with Gasteiger partial charge in [0, 0.05) is 5.56 Å². The number of fused-ring (bicyclic) bond motifs is 5. The zero-order valence-corrected chi connectivity index (χ0v) is 20.9.